The zero-order valence-corrected chi connectivity index (χ0v) is 11.8. The molecule has 19 heavy (non-hydrogen) atoms. The van der Waals surface area contributed by atoms with Gasteiger partial charge < -0.3 is 15.8 Å². The molecule has 1 aromatic heterocycles. The number of halogens is 1. The average molecular weight is 322 g/mol. The monoisotopic (exact) mass is 321 g/mol. The largest absolute Gasteiger partial charge is 0.456 e. The Kier molecular flexibility index (Phi) is 4.01. The first kappa shape index (κ1) is 13.4. The molecule has 0 unspecified atom stereocenters. The molecule has 0 aliphatic rings. The Bertz CT molecular complexity index is 617. The number of hydrogen-bond acceptors (Lipinski definition) is 4. The van der Waals surface area contributed by atoms with E-state index in [9.17, 15) is 4.79 Å². The van der Waals surface area contributed by atoms with E-state index in [1.165, 1.54) is 6.20 Å². The summed E-state index contributed by atoms with van der Waals surface area (Å²) in [6.07, 6.45) is 1.51. The van der Waals surface area contributed by atoms with Gasteiger partial charge in [0.2, 0.25) is 0 Å². The second kappa shape index (κ2) is 5.71. The third kappa shape index (κ3) is 3.03. The normalized spacial score (nSPS) is 10.0. The van der Waals surface area contributed by atoms with E-state index in [4.69, 9.17) is 10.5 Å². The molecule has 3 N–H and O–H groups in total. The number of nitrogens with zero attached hydrogens (tertiary/aromatic N) is 1. The Morgan fingerprint density at radius 3 is 2.95 bits per heavy atom. The Morgan fingerprint density at radius 2 is 2.21 bits per heavy atom. The highest BCUT2D eigenvalue weighted by atomic mass is 79.9. The molecule has 0 radical (unpaired) electrons. The lowest BCUT2D eigenvalue weighted by molar-refractivity contribution is 0.0958. The lowest BCUT2D eigenvalue weighted by Crippen LogP contribution is -2.18. The molecule has 0 spiro atoms. The molecule has 0 atom stereocenters. The summed E-state index contributed by atoms with van der Waals surface area (Å²) in [4.78, 5) is 15.4. The van der Waals surface area contributed by atoms with Crippen molar-refractivity contribution in [2.75, 3.05) is 12.8 Å². The Hall–Kier alpha value is -2.08. The van der Waals surface area contributed by atoms with Gasteiger partial charge in [0, 0.05) is 25.0 Å². The summed E-state index contributed by atoms with van der Waals surface area (Å²) < 4.78 is 6.35. The van der Waals surface area contributed by atoms with E-state index in [0.717, 1.165) is 0 Å². The number of carbonyl (C=O) groups is 1. The van der Waals surface area contributed by atoms with Gasteiger partial charge in [-0.2, -0.15) is 0 Å². The first-order valence-electron chi connectivity index (χ1n) is 5.52. The zero-order valence-electron chi connectivity index (χ0n) is 10.2. The number of nitrogens with one attached hydrogen (secondary N) is 1. The van der Waals surface area contributed by atoms with Crippen LogP contribution in [0.1, 0.15) is 10.5 Å². The number of aromatic nitrogens is 1. The number of nitrogens with two attached hydrogens (primary N) is 1. The zero-order chi connectivity index (χ0) is 13.8. The molecule has 1 amide bonds. The summed E-state index contributed by atoms with van der Waals surface area (Å²) in [5.41, 5.74) is 6.64. The number of pyridine rings is 1. The lowest BCUT2D eigenvalue weighted by Gasteiger charge is -2.09. The summed E-state index contributed by atoms with van der Waals surface area (Å²) in [5, 5.41) is 2.51. The molecule has 2 rings (SSSR count). The molecule has 0 aliphatic heterocycles. The number of nitrogen functional groups attached to an aromatic ring is 1. The van der Waals surface area contributed by atoms with Gasteiger partial charge in [-0.25, -0.2) is 0 Å². The molecule has 1 aromatic carbocycles. The van der Waals surface area contributed by atoms with Crippen LogP contribution in [-0.2, 0) is 0 Å². The van der Waals surface area contributed by atoms with E-state index in [-0.39, 0.29) is 5.91 Å². The number of benzene rings is 1. The van der Waals surface area contributed by atoms with Crippen molar-refractivity contribution in [1.82, 2.24) is 10.3 Å². The summed E-state index contributed by atoms with van der Waals surface area (Å²) in [7, 11) is 1.55. The van der Waals surface area contributed by atoms with E-state index in [1.807, 2.05) is 0 Å². The van der Waals surface area contributed by atoms with Crippen LogP contribution < -0.4 is 15.8 Å². The van der Waals surface area contributed by atoms with E-state index in [2.05, 4.69) is 26.2 Å². The highest BCUT2D eigenvalue weighted by Crippen LogP contribution is 2.33. The molecular weight excluding hydrogens is 310 g/mol. The van der Waals surface area contributed by atoms with Gasteiger partial charge in [-0.05, 0) is 34.1 Å². The number of ether oxygens (including phenoxy) is 1. The fourth-order valence-electron chi connectivity index (χ4n) is 1.46. The van der Waals surface area contributed by atoms with Crippen molar-refractivity contribution in [3.63, 3.8) is 0 Å². The quantitative estimate of drug-likeness (QED) is 0.852. The van der Waals surface area contributed by atoms with Gasteiger partial charge in [0.05, 0.1) is 4.47 Å². The van der Waals surface area contributed by atoms with Crippen molar-refractivity contribution in [2.45, 2.75) is 0 Å². The van der Waals surface area contributed by atoms with E-state index >= 15 is 0 Å². The molecule has 0 fully saturated rings. The second-order valence-electron chi connectivity index (χ2n) is 3.72. The molecular formula is C13H12BrN3O2. The van der Waals surface area contributed by atoms with Gasteiger partial charge in [-0.3, -0.25) is 9.78 Å². The number of anilines is 1. The maximum Gasteiger partial charge on any atom is 0.269 e. The highest BCUT2D eigenvalue weighted by molar-refractivity contribution is 9.10. The predicted molar refractivity (Wildman–Crippen MR) is 76.3 cm³/mol. The molecule has 0 saturated carbocycles. The van der Waals surface area contributed by atoms with Crippen molar-refractivity contribution < 1.29 is 9.53 Å². The van der Waals surface area contributed by atoms with Crippen LogP contribution in [0, 0.1) is 0 Å². The molecule has 1 heterocycles. The topological polar surface area (TPSA) is 77.2 Å². The molecule has 5 nitrogen and oxygen atoms in total. The molecule has 0 bridgehead atoms. The van der Waals surface area contributed by atoms with Crippen molar-refractivity contribution in [3.8, 4) is 11.5 Å². The van der Waals surface area contributed by atoms with Crippen molar-refractivity contribution in [1.29, 1.82) is 0 Å². The maximum atomic E-state index is 11.5. The second-order valence-corrected chi connectivity index (χ2v) is 4.51. The minimum absolute atomic E-state index is 0.267. The number of hydrogen-bond donors (Lipinski definition) is 2. The molecule has 0 saturated heterocycles. The molecule has 98 valence electrons. The highest BCUT2D eigenvalue weighted by Gasteiger charge is 2.09. The summed E-state index contributed by atoms with van der Waals surface area (Å²) in [6.45, 7) is 0. The van der Waals surface area contributed by atoms with Crippen molar-refractivity contribution in [2.24, 2.45) is 0 Å². The van der Waals surface area contributed by atoms with Crippen LogP contribution in [0.5, 0.6) is 11.5 Å². The fraction of sp³-hybridized carbons (Fsp3) is 0.0769. The van der Waals surface area contributed by atoms with Gasteiger partial charge >= 0.3 is 0 Å². The Morgan fingerprint density at radius 1 is 1.42 bits per heavy atom. The van der Waals surface area contributed by atoms with Gasteiger partial charge in [0.15, 0.2) is 0 Å². The predicted octanol–water partition coefficient (Wildman–Crippen LogP) is 2.58. The SMILES string of the molecule is CNC(=O)c1cc(Oc2cccc(N)c2Br)ccn1. The first-order chi connectivity index (χ1) is 9.11. The maximum absolute atomic E-state index is 11.5. The fourth-order valence-corrected chi connectivity index (χ4v) is 1.81. The van der Waals surface area contributed by atoms with E-state index < -0.39 is 0 Å². The van der Waals surface area contributed by atoms with Crippen LogP contribution >= 0.6 is 15.9 Å². The van der Waals surface area contributed by atoms with Crippen LogP contribution in [-0.4, -0.2) is 17.9 Å². The summed E-state index contributed by atoms with van der Waals surface area (Å²) in [6, 6.07) is 8.56. The van der Waals surface area contributed by atoms with Crippen molar-refractivity contribution in [3.05, 3.63) is 46.7 Å². The summed E-state index contributed by atoms with van der Waals surface area (Å²) in [5.74, 6) is 0.825. The van der Waals surface area contributed by atoms with Crippen LogP contribution in [0.3, 0.4) is 0 Å². The third-order valence-corrected chi connectivity index (χ3v) is 3.26. The van der Waals surface area contributed by atoms with Gasteiger partial charge in [-0.1, -0.05) is 6.07 Å². The third-order valence-electron chi connectivity index (χ3n) is 2.41. The molecule has 0 aliphatic carbocycles. The minimum atomic E-state index is -0.267. The van der Waals surface area contributed by atoms with Gasteiger partial charge in [0.25, 0.3) is 5.91 Å². The van der Waals surface area contributed by atoms with E-state index in [1.54, 1.807) is 37.4 Å². The van der Waals surface area contributed by atoms with Gasteiger partial charge in [-0.15, -0.1) is 0 Å². The smallest absolute Gasteiger partial charge is 0.269 e. The van der Waals surface area contributed by atoms with Crippen LogP contribution in [0.15, 0.2) is 41.0 Å². The Balaban J connectivity index is 2.28. The molecule has 6 heteroatoms. The van der Waals surface area contributed by atoms with Gasteiger partial charge in [0.1, 0.15) is 17.2 Å². The number of carbonyl (C=O) groups excluding carboxylic acids is 1. The number of rotatable bonds is 3. The lowest BCUT2D eigenvalue weighted by atomic mass is 10.3. The van der Waals surface area contributed by atoms with E-state index in [0.29, 0.717) is 27.4 Å². The Labute approximate surface area is 118 Å². The average Bonchev–Trinajstić information content (AvgIpc) is 2.43. The minimum Gasteiger partial charge on any atom is -0.456 e. The number of amides is 1. The summed E-state index contributed by atoms with van der Waals surface area (Å²) >= 11 is 3.35. The standard InChI is InChI=1S/C13H12BrN3O2/c1-16-13(18)10-7-8(5-6-17-10)19-11-4-2-3-9(15)12(11)14/h2-7H,15H2,1H3,(H,16,18). The molecule has 2 aromatic rings. The van der Waals surface area contributed by atoms with Crippen LogP contribution in [0.25, 0.3) is 0 Å². The van der Waals surface area contributed by atoms with Crippen molar-refractivity contribution >= 4 is 27.5 Å². The first-order valence-corrected chi connectivity index (χ1v) is 6.31. The van der Waals surface area contributed by atoms with Crippen LogP contribution in [0.4, 0.5) is 5.69 Å². The van der Waals surface area contributed by atoms with Crippen LogP contribution in [0.2, 0.25) is 0 Å².